The fraction of sp³-hybridized carbons (Fsp3) is 0. The predicted octanol–water partition coefficient (Wildman–Crippen LogP) is 2.74. The molecule has 0 aliphatic carbocycles. The topological polar surface area (TPSA) is 85.1 Å². The molecule has 2 amide bonds. The molecule has 1 aromatic carbocycles. The van der Waals surface area contributed by atoms with E-state index in [1.54, 1.807) is 0 Å². The number of nitrogens with zero attached hydrogens (tertiary/aromatic N) is 1. The van der Waals surface area contributed by atoms with Gasteiger partial charge in [-0.3, -0.25) is 14.6 Å². The van der Waals surface area contributed by atoms with Crippen molar-refractivity contribution < 1.29 is 9.59 Å². The number of carbonyl (C=O) groups is 2. The Kier molecular flexibility index (Phi) is 4.22. The van der Waals surface area contributed by atoms with E-state index < -0.39 is 11.8 Å². The van der Waals surface area contributed by atoms with Crippen molar-refractivity contribution in [3.05, 3.63) is 57.8 Å². The number of amides is 2. The van der Waals surface area contributed by atoms with Crippen LogP contribution in [0.2, 0.25) is 10.0 Å². The van der Waals surface area contributed by atoms with Crippen LogP contribution in [0.25, 0.3) is 0 Å². The molecule has 0 saturated carbocycles. The number of anilines is 1. The van der Waals surface area contributed by atoms with E-state index in [-0.39, 0.29) is 21.2 Å². The Morgan fingerprint density at radius 2 is 1.85 bits per heavy atom. The number of carbonyl (C=O) groups excluding carboxylic acids is 2. The molecular formula is C13H9Cl2N3O2. The highest BCUT2D eigenvalue weighted by Crippen LogP contribution is 2.22. The van der Waals surface area contributed by atoms with Crippen LogP contribution in [0.1, 0.15) is 20.7 Å². The normalized spacial score (nSPS) is 10.1. The minimum absolute atomic E-state index is 0.163. The Hall–Kier alpha value is -2.11. The van der Waals surface area contributed by atoms with Gasteiger partial charge in [0, 0.05) is 18.1 Å². The molecule has 0 radical (unpaired) electrons. The maximum atomic E-state index is 12.0. The van der Waals surface area contributed by atoms with E-state index >= 15 is 0 Å². The molecule has 1 aromatic heterocycles. The van der Waals surface area contributed by atoms with Gasteiger partial charge in [0.15, 0.2) is 0 Å². The molecule has 0 aliphatic heterocycles. The second-order valence-corrected chi connectivity index (χ2v) is 4.68. The lowest BCUT2D eigenvalue weighted by Gasteiger charge is -2.08. The lowest BCUT2D eigenvalue weighted by molar-refractivity contribution is 0.0998. The molecule has 5 nitrogen and oxygen atoms in total. The number of pyridine rings is 1. The Labute approximate surface area is 124 Å². The molecule has 7 heteroatoms. The quantitative estimate of drug-likeness (QED) is 0.914. The summed E-state index contributed by atoms with van der Waals surface area (Å²) in [5.41, 5.74) is 6.05. The number of benzene rings is 1. The van der Waals surface area contributed by atoms with Crippen LogP contribution in [0.3, 0.4) is 0 Å². The van der Waals surface area contributed by atoms with E-state index in [9.17, 15) is 9.59 Å². The molecule has 0 unspecified atom stereocenters. The van der Waals surface area contributed by atoms with Crippen molar-refractivity contribution in [2.24, 2.45) is 5.73 Å². The third kappa shape index (κ3) is 3.07. The van der Waals surface area contributed by atoms with Crippen LogP contribution in [0.15, 0.2) is 36.7 Å². The standard InChI is InChI=1S/C13H9Cl2N3O2/c14-10-5-7(1-2-8(10)12(16)19)18-13(20)9-3-4-17-6-11(9)15/h1-6H,(H2,16,19)(H,18,20). The minimum Gasteiger partial charge on any atom is -0.366 e. The molecule has 2 aromatic rings. The van der Waals surface area contributed by atoms with Crippen molar-refractivity contribution in [1.82, 2.24) is 4.98 Å². The Balaban J connectivity index is 2.23. The first-order chi connectivity index (χ1) is 9.49. The molecule has 0 saturated heterocycles. The van der Waals surface area contributed by atoms with Crippen LogP contribution in [-0.4, -0.2) is 16.8 Å². The zero-order valence-electron chi connectivity index (χ0n) is 10.1. The largest absolute Gasteiger partial charge is 0.366 e. The van der Waals surface area contributed by atoms with Crippen LogP contribution in [0.4, 0.5) is 5.69 Å². The number of primary amides is 1. The molecule has 1 heterocycles. The van der Waals surface area contributed by atoms with Crippen molar-refractivity contribution in [3.63, 3.8) is 0 Å². The summed E-state index contributed by atoms with van der Waals surface area (Å²) in [7, 11) is 0. The number of rotatable bonds is 3. The summed E-state index contributed by atoms with van der Waals surface area (Å²) in [6, 6.07) is 5.90. The van der Waals surface area contributed by atoms with Crippen molar-refractivity contribution >= 4 is 40.7 Å². The fourth-order valence-electron chi connectivity index (χ4n) is 1.55. The predicted molar refractivity (Wildman–Crippen MR) is 77.2 cm³/mol. The third-order valence-corrected chi connectivity index (χ3v) is 3.12. The molecule has 0 fully saturated rings. The van der Waals surface area contributed by atoms with Crippen LogP contribution < -0.4 is 11.1 Å². The summed E-state index contributed by atoms with van der Waals surface area (Å²) in [6.45, 7) is 0. The zero-order valence-corrected chi connectivity index (χ0v) is 11.6. The van der Waals surface area contributed by atoms with Crippen molar-refractivity contribution in [2.75, 3.05) is 5.32 Å². The molecule has 0 aliphatic rings. The van der Waals surface area contributed by atoms with Crippen molar-refractivity contribution in [3.8, 4) is 0 Å². The number of aromatic nitrogens is 1. The van der Waals surface area contributed by atoms with E-state index in [1.165, 1.54) is 36.7 Å². The maximum Gasteiger partial charge on any atom is 0.257 e. The van der Waals surface area contributed by atoms with Crippen molar-refractivity contribution in [1.29, 1.82) is 0 Å². The highest BCUT2D eigenvalue weighted by Gasteiger charge is 2.12. The first-order valence-electron chi connectivity index (χ1n) is 5.49. The van der Waals surface area contributed by atoms with Gasteiger partial charge >= 0.3 is 0 Å². The first-order valence-corrected chi connectivity index (χ1v) is 6.25. The van der Waals surface area contributed by atoms with Gasteiger partial charge in [0.2, 0.25) is 5.91 Å². The lowest BCUT2D eigenvalue weighted by Crippen LogP contribution is -2.14. The van der Waals surface area contributed by atoms with Gasteiger partial charge in [0.05, 0.1) is 21.2 Å². The number of nitrogens with two attached hydrogens (primary N) is 1. The zero-order chi connectivity index (χ0) is 14.7. The average Bonchev–Trinajstić information content (AvgIpc) is 2.38. The summed E-state index contributed by atoms with van der Waals surface area (Å²) in [5, 5.41) is 3.02. The van der Waals surface area contributed by atoms with Gasteiger partial charge in [-0.25, -0.2) is 0 Å². The highest BCUT2D eigenvalue weighted by molar-refractivity contribution is 6.35. The maximum absolute atomic E-state index is 12.0. The monoisotopic (exact) mass is 309 g/mol. The van der Waals surface area contributed by atoms with Gasteiger partial charge in [0.25, 0.3) is 5.91 Å². The van der Waals surface area contributed by atoms with Gasteiger partial charge < -0.3 is 11.1 Å². The third-order valence-electron chi connectivity index (χ3n) is 2.51. The van der Waals surface area contributed by atoms with E-state index in [2.05, 4.69) is 10.3 Å². The Bertz CT molecular complexity index is 689. The summed E-state index contributed by atoms with van der Waals surface area (Å²) in [6.07, 6.45) is 2.84. The molecule has 0 bridgehead atoms. The van der Waals surface area contributed by atoms with E-state index in [0.717, 1.165) is 0 Å². The summed E-state index contributed by atoms with van der Waals surface area (Å²) in [5.74, 6) is -1.04. The number of hydrogen-bond acceptors (Lipinski definition) is 3. The summed E-state index contributed by atoms with van der Waals surface area (Å²) < 4.78 is 0. The van der Waals surface area contributed by atoms with E-state index in [1.807, 2.05) is 0 Å². The molecular weight excluding hydrogens is 301 g/mol. The molecule has 3 N–H and O–H groups in total. The van der Waals surface area contributed by atoms with E-state index in [4.69, 9.17) is 28.9 Å². The second-order valence-electron chi connectivity index (χ2n) is 3.87. The van der Waals surface area contributed by atoms with Gasteiger partial charge in [-0.05, 0) is 24.3 Å². The fourth-order valence-corrected chi connectivity index (χ4v) is 2.03. The highest BCUT2D eigenvalue weighted by atomic mass is 35.5. The van der Waals surface area contributed by atoms with E-state index in [0.29, 0.717) is 5.69 Å². The number of hydrogen-bond donors (Lipinski definition) is 2. The average molecular weight is 310 g/mol. The van der Waals surface area contributed by atoms with Crippen LogP contribution in [-0.2, 0) is 0 Å². The second kappa shape index (κ2) is 5.90. The van der Waals surface area contributed by atoms with Gasteiger partial charge in [0.1, 0.15) is 0 Å². The smallest absolute Gasteiger partial charge is 0.257 e. The SMILES string of the molecule is NC(=O)c1ccc(NC(=O)c2ccncc2Cl)cc1Cl. The lowest BCUT2D eigenvalue weighted by atomic mass is 10.2. The van der Waals surface area contributed by atoms with Crippen LogP contribution >= 0.6 is 23.2 Å². The molecule has 0 spiro atoms. The van der Waals surface area contributed by atoms with Gasteiger partial charge in [-0.15, -0.1) is 0 Å². The van der Waals surface area contributed by atoms with Gasteiger partial charge in [-0.2, -0.15) is 0 Å². The van der Waals surface area contributed by atoms with Crippen LogP contribution in [0, 0.1) is 0 Å². The molecule has 20 heavy (non-hydrogen) atoms. The molecule has 102 valence electrons. The number of nitrogens with one attached hydrogen (secondary N) is 1. The summed E-state index contributed by atoms with van der Waals surface area (Å²) in [4.78, 5) is 26.8. The number of halogens is 2. The Morgan fingerprint density at radius 3 is 2.45 bits per heavy atom. The first kappa shape index (κ1) is 14.3. The van der Waals surface area contributed by atoms with Crippen molar-refractivity contribution in [2.45, 2.75) is 0 Å². The Morgan fingerprint density at radius 1 is 1.10 bits per heavy atom. The van der Waals surface area contributed by atoms with Crippen LogP contribution in [0.5, 0.6) is 0 Å². The summed E-state index contributed by atoms with van der Waals surface area (Å²) >= 11 is 11.8. The van der Waals surface area contributed by atoms with Gasteiger partial charge in [-0.1, -0.05) is 23.2 Å². The molecule has 2 rings (SSSR count). The molecule has 0 atom stereocenters. The minimum atomic E-state index is -0.634.